The third kappa shape index (κ3) is 6.54. The van der Waals surface area contributed by atoms with Crippen LogP contribution >= 0.6 is 0 Å². The van der Waals surface area contributed by atoms with E-state index in [0.717, 1.165) is 0 Å². The van der Waals surface area contributed by atoms with Gasteiger partial charge in [0.15, 0.2) is 81.9 Å². The van der Waals surface area contributed by atoms with E-state index in [0.29, 0.717) is 6.07 Å². The molecule has 0 saturated carbocycles. The molecule has 0 aliphatic carbocycles. The van der Waals surface area contributed by atoms with Gasteiger partial charge in [-0.3, -0.25) is 0 Å². The Bertz CT molecular complexity index is 3510. The summed E-state index contributed by atoms with van der Waals surface area (Å²) in [7, 11) is 0. The standard InChI is InChI=1S/C46H34O30/c47-4-12-27(54)40(64)46(70,76-12)23-22-21-19(33(60)36(63)34(22)61)18-20-17(31(58)35(62)32(18)59)16-8(3-11(50)26(53)30(16)57)42(66)72-13-5-71-41(65)6-1-9(48)24(51)28(55)14(6)15-7(2-10(49)25(52)29(15)56)43(67)73-37(13)39(75-44(20)68)38(23)74-45(21)69/h1-3,12-13,23,27,37-40,47-64,70H,4-5H2/t12-,13+,23-,27+,37+,38?,39-,40+,46+/m0/s1. The Morgan fingerprint density at radius 2 is 0.829 bits per heavy atom. The van der Waals surface area contributed by atoms with E-state index in [1.807, 2.05) is 0 Å². The van der Waals surface area contributed by atoms with E-state index < -0.39 is 250 Å². The van der Waals surface area contributed by atoms with E-state index in [-0.39, 0.29) is 12.1 Å². The van der Waals surface area contributed by atoms with Crippen LogP contribution in [-0.2, 0) is 28.4 Å². The fourth-order valence-electron chi connectivity index (χ4n) is 10.1. The van der Waals surface area contributed by atoms with Gasteiger partial charge < -0.3 is 125 Å². The molecular formula is C46H34O30. The number of aliphatic hydroxyl groups is 4. The minimum absolute atomic E-state index is 0.271. The van der Waals surface area contributed by atoms with Crippen molar-refractivity contribution in [3.05, 3.63) is 51.6 Å². The van der Waals surface area contributed by atoms with Crippen molar-refractivity contribution in [1.82, 2.24) is 0 Å². The number of ether oxygens (including phenoxy) is 6. The van der Waals surface area contributed by atoms with Gasteiger partial charge in [-0.2, -0.15) is 0 Å². The largest absolute Gasteiger partial charge is 0.504 e. The molecule has 19 N–H and O–H groups in total. The topological polar surface area (TPSA) is 525 Å². The Balaban J connectivity index is 1.39. The van der Waals surface area contributed by atoms with Crippen molar-refractivity contribution in [2.45, 2.75) is 54.4 Å². The predicted molar refractivity (Wildman–Crippen MR) is 233 cm³/mol. The number of benzene rings is 5. The van der Waals surface area contributed by atoms with E-state index in [1.54, 1.807) is 0 Å². The number of phenolic OH excluding ortho intramolecular Hbond substituents is 15. The van der Waals surface area contributed by atoms with Gasteiger partial charge in [0.25, 0.3) is 0 Å². The van der Waals surface area contributed by atoms with Crippen LogP contribution in [0.2, 0.25) is 0 Å². The zero-order valence-corrected chi connectivity index (χ0v) is 37.3. The number of esters is 5. The number of hydrogen-bond donors (Lipinski definition) is 19. The Morgan fingerprint density at radius 1 is 0.434 bits per heavy atom. The maximum absolute atomic E-state index is 15.5. The summed E-state index contributed by atoms with van der Waals surface area (Å²) >= 11 is 0. The van der Waals surface area contributed by atoms with Crippen LogP contribution in [0.25, 0.3) is 33.4 Å². The summed E-state index contributed by atoms with van der Waals surface area (Å²) in [5, 5.41) is 214. The summed E-state index contributed by atoms with van der Waals surface area (Å²) in [4.78, 5) is 74.4. The molecule has 1 saturated heterocycles. The van der Waals surface area contributed by atoms with Crippen LogP contribution in [0.5, 0.6) is 86.2 Å². The van der Waals surface area contributed by atoms with Crippen LogP contribution in [0.4, 0.5) is 0 Å². The summed E-state index contributed by atoms with van der Waals surface area (Å²) in [6, 6.07) is 0.916. The smallest absolute Gasteiger partial charge is 0.340 e. The van der Waals surface area contributed by atoms with Gasteiger partial charge in [-0.1, -0.05) is 0 Å². The number of phenols is 15. The highest BCUT2D eigenvalue weighted by atomic mass is 16.7. The average Bonchev–Trinajstić information content (AvgIpc) is 3.70. The molecule has 0 radical (unpaired) electrons. The fourth-order valence-corrected chi connectivity index (χ4v) is 10.1. The number of hydrogen-bond acceptors (Lipinski definition) is 30. The lowest BCUT2D eigenvalue weighted by Crippen LogP contribution is -2.62. The lowest BCUT2D eigenvalue weighted by atomic mass is 9.72. The number of carbonyl (C=O) groups is 5. The van der Waals surface area contributed by atoms with E-state index in [9.17, 15) is 111 Å². The van der Waals surface area contributed by atoms with E-state index in [2.05, 4.69) is 0 Å². The molecule has 6 aliphatic heterocycles. The second-order valence-corrected chi connectivity index (χ2v) is 17.6. The zero-order valence-electron chi connectivity index (χ0n) is 37.3. The molecule has 30 heteroatoms. The van der Waals surface area contributed by atoms with Gasteiger partial charge in [0.05, 0.1) is 40.3 Å². The van der Waals surface area contributed by atoms with E-state index >= 15 is 9.59 Å². The highest BCUT2D eigenvalue weighted by Gasteiger charge is 2.67. The van der Waals surface area contributed by atoms with Gasteiger partial charge >= 0.3 is 29.8 Å². The molecule has 0 amide bonds. The number of cyclic esters (lactones) is 1. The maximum atomic E-state index is 15.5. The number of aromatic hydroxyl groups is 15. The van der Waals surface area contributed by atoms with Crippen LogP contribution in [0.3, 0.4) is 0 Å². The Morgan fingerprint density at radius 3 is 1.33 bits per heavy atom. The van der Waals surface area contributed by atoms with Gasteiger partial charge in [0.2, 0.25) is 34.5 Å². The van der Waals surface area contributed by atoms with Gasteiger partial charge in [-0.25, -0.2) is 24.0 Å². The molecule has 6 aliphatic rings. The van der Waals surface area contributed by atoms with Crippen molar-refractivity contribution in [2.24, 2.45) is 0 Å². The van der Waals surface area contributed by atoms with Crippen molar-refractivity contribution < 1.29 is 149 Å². The van der Waals surface area contributed by atoms with Gasteiger partial charge in [-0.05, 0) is 18.2 Å². The molecule has 9 atom stereocenters. The third-order valence-corrected chi connectivity index (χ3v) is 13.6. The first-order chi connectivity index (χ1) is 35.7. The quantitative estimate of drug-likeness (QED) is 0.0583. The molecule has 30 nitrogen and oxygen atoms in total. The van der Waals surface area contributed by atoms with Gasteiger partial charge in [-0.15, -0.1) is 0 Å². The molecule has 0 spiro atoms. The predicted octanol–water partition coefficient (Wildman–Crippen LogP) is -0.830. The van der Waals surface area contributed by atoms with E-state index in [4.69, 9.17) is 28.4 Å². The molecule has 76 heavy (non-hydrogen) atoms. The summed E-state index contributed by atoms with van der Waals surface area (Å²) in [5.41, 5.74) is -16.3. The molecule has 11 rings (SSSR count). The first kappa shape index (κ1) is 49.8. The first-order valence-electron chi connectivity index (χ1n) is 21.5. The number of fused-ring (bicyclic) bond motifs is 7. The molecule has 6 bridgehead atoms. The van der Waals surface area contributed by atoms with Crippen LogP contribution in [0.15, 0.2) is 18.2 Å². The summed E-state index contributed by atoms with van der Waals surface area (Å²) in [6.07, 6.45) is -19.0. The number of carbonyl (C=O) groups excluding carboxylic acids is 5. The van der Waals surface area contributed by atoms with Crippen LogP contribution < -0.4 is 0 Å². The van der Waals surface area contributed by atoms with Crippen LogP contribution in [0, 0.1) is 0 Å². The summed E-state index contributed by atoms with van der Waals surface area (Å²) in [5.74, 6) is -40.7. The third-order valence-electron chi connectivity index (χ3n) is 13.6. The second kappa shape index (κ2) is 16.6. The molecule has 0 aromatic heterocycles. The SMILES string of the molecule is O=C1OC[C@H]2OC(=O)c3cc(O)c(O)c(O)c3-c3c(O)c(O)c(O)c4c3C(=O)O[C@H](C3OC(=O)c5c-4c(O)c(O)c(O)c5[C@@H]3[C@@]3(O)O[C@@H](CO)[C@@H](O)[C@H]3O)[C@@H]2OC(=O)c2cc(O)c(O)c(O)c2-c2c1cc(O)c(O)c2O. The van der Waals surface area contributed by atoms with Crippen molar-refractivity contribution in [3.63, 3.8) is 0 Å². The zero-order chi connectivity index (χ0) is 55.4. The lowest BCUT2D eigenvalue weighted by molar-refractivity contribution is -0.267. The van der Waals surface area contributed by atoms with Crippen molar-refractivity contribution in [3.8, 4) is 120 Å². The monoisotopic (exact) mass is 1070 g/mol. The van der Waals surface area contributed by atoms with Crippen LogP contribution in [-0.4, -0.2) is 189 Å². The highest BCUT2D eigenvalue weighted by molar-refractivity contribution is 6.16. The van der Waals surface area contributed by atoms with Gasteiger partial charge in [0.1, 0.15) is 24.9 Å². The molecule has 6 heterocycles. The molecule has 1 unspecified atom stereocenters. The van der Waals surface area contributed by atoms with Crippen LogP contribution in [0.1, 0.15) is 63.3 Å². The van der Waals surface area contributed by atoms with Crippen molar-refractivity contribution in [2.75, 3.05) is 13.2 Å². The Labute approximate surface area is 417 Å². The molecular weight excluding hydrogens is 1030 g/mol. The summed E-state index contributed by atoms with van der Waals surface area (Å²) < 4.78 is 34.1. The fraction of sp³-hybridized carbons (Fsp3) is 0.239. The second-order valence-electron chi connectivity index (χ2n) is 17.6. The minimum atomic E-state index is -3.71. The Hall–Kier alpha value is -9.75. The Kier molecular flexibility index (Phi) is 10.9. The van der Waals surface area contributed by atoms with Gasteiger partial charge in [0, 0.05) is 38.9 Å². The maximum Gasteiger partial charge on any atom is 0.340 e. The van der Waals surface area contributed by atoms with E-state index in [1.165, 1.54) is 0 Å². The average molecular weight is 1070 g/mol. The lowest BCUT2D eigenvalue weighted by Gasteiger charge is -2.46. The molecule has 5 aromatic rings. The molecule has 1 fully saturated rings. The van der Waals surface area contributed by atoms with Crippen molar-refractivity contribution in [1.29, 1.82) is 0 Å². The first-order valence-corrected chi connectivity index (χ1v) is 21.5. The normalized spacial score (nSPS) is 25.5. The summed E-state index contributed by atoms with van der Waals surface area (Å²) in [6.45, 7) is -2.91. The molecule has 398 valence electrons. The number of rotatable bonds is 2. The number of aliphatic hydroxyl groups excluding tert-OH is 3. The van der Waals surface area contributed by atoms with Crippen molar-refractivity contribution >= 4 is 29.8 Å². The minimum Gasteiger partial charge on any atom is -0.504 e. The molecule has 5 aromatic carbocycles. The highest BCUT2D eigenvalue weighted by Crippen LogP contribution is 2.64.